The highest BCUT2D eigenvalue weighted by Crippen LogP contribution is 2.11. The highest BCUT2D eigenvalue weighted by Gasteiger charge is 2.07. The standard InChI is InChI=1S/C20H28N4O/c21-10-11-22-12-13-23-14-15-24-16-17-6-8-19(9-7-17)20(25)18-4-2-1-3-5-18/h1-9,22-24H,10-16,21H2. The molecule has 0 aliphatic heterocycles. The maximum atomic E-state index is 12.3. The van der Waals surface area contributed by atoms with Crippen molar-refractivity contribution in [3.8, 4) is 0 Å². The van der Waals surface area contributed by atoms with E-state index in [0.29, 0.717) is 6.54 Å². The van der Waals surface area contributed by atoms with Gasteiger partial charge in [-0.2, -0.15) is 0 Å². The second kappa shape index (κ2) is 11.5. The normalized spacial score (nSPS) is 10.8. The third-order valence-corrected chi connectivity index (χ3v) is 3.86. The molecule has 2 aromatic carbocycles. The SMILES string of the molecule is NCCNCCNCCNCc1ccc(C(=O)c2ccccc2)cc1. The summed E-state index contributed by atoms with van der Waals surface area (Å²) in [4.78, 5) is 12.3. The molecule has 0 saturated heterocycles. The van der Waals surface area contributed by atoms with Crippen molar-refractivity contribution in [2.45, 2.75) is 6.54 Å². The lowest BCUT2D eigenvalue weighted by atomic mass is 10.0. The van der Waals surface area contributed by atoms with Crippen LogP contribution < -0.4 is 21.7 Å². The zero-order valence-corrected chi connectivity index (χ0v) is 14.6. The van der Waals surface area contributed by atoms with Crippen LogP contribution >= 0.6 is 0 Å². The molecule has 0 amide bonds. The molecule has 0 radical (unpaired) electrons. The van der Waals surface area contributed by atoms with Gasteiger partial charge in [0, 0.05) is 56.9 Å². The van der Waals surface area contributed by atoms with Crippen LogP contribution in [0, 0.1) is 0 Å². The van der Waals surface area contributed by atoms with Gasteiger partial charge in [-0.15, -0.1) is 0 Å². The van der Waals surface area contributed by atoms with E-state index in [9.17, 15) is 4.79 Å². The maximum absolute atomic E-state index is 12.3. The van der Waals surface area contributed by atoms with E-state index in [1.165, 1.54) is 5.56 Å². The van der Waals surface area contributed by atoms with E-state index in [1.54, 1.807) is 0 Å². The van der Waals surface area contributed by atoms with Crippen LogP contribution in [0.4, 0.5) is 0 Å². The molecule has 0 saturated carbocycles. The highest BCUT2D eigenvalue weighted by atomic mass is 16.1. The van der Waals surface area contributed by atoms with Gasteiger partial charge in [0.2, 0.25) is 0 Å². The first-order valence-electron chi connectivity index (χ1n) is 8.82. The summed E-state index contributed by atoms with van der Waals surface area (Å²) in [5, 5.41) is 10.0. The third kappa shape index (κ3) is 7.15. The Hall–Kier alpha value is -2.05. The van der Waals surface area contributed by atoms with Crippen molar-refractivity contribution in [3.05, 3.63) is 71.3 Å². The predicted molar refractivity (Wildman–Crippen MR) is 103 cm³/mol. The number of carbonyl (C=O) groups is 1. The molecule has 2 aromatic rings. The molecular weight excluding hydrogens is 312 g/mol. The van der Waals surface area contributed by atoms with E-state index in [1.807, 2.05) is 54.6 Å². The Labute approximate surface area is 150 Å². The van der Waals surface area contributed by atoms with Crippen molar-refractivity contribution in [3.63, 3.8) is 0 Å². The molecule has 5 nitrogen and oxygen atoms in total. The van der Waals surface area contributed by atoms with Gasteiger partial charge >= 0.3 is 0 Å². The molecule has 2 rings (SSSR count). The summed E-state index contributed by atoms with van der Waals surface area (Å²) in [5.41, 5.74) is 8.03. The number of benzene rings is 2. The molecule has 25 heavy (non-hydrogen) atoms. The summed E-state index contributed by atoms with van der Waals surface area (Å²) in [5.74, 6) is 0.0626. The Bertz CT molecular complexity index is 613. The van der Waals surface area contributed by atoms with Crippen molar-refractivity contribution in [2.75, 3.05) is 39.3 Å². The lowest BCUT2D eigenvalue weighted by Crippen LogP contribution is -2.34. The fraction of sp³-hybridized carbons (Fsp3) is 0.350. The Morgan fingerprint density at radius 2 is 1.28 bits per heavy atom. The average Bonchev–Trinajstić information content (AvgIpc) is 2.67. The molecule has 5 N–H and O–H groups in total. The first-order chi connectivity index (χ1) is 12.3. The van der Waals surface area contributed by atoms with Crippen LogP contribution in [0.15, 0.2) is 54.6 Å². The minimum Gasteiger partial charge on any atom is -0.329 e. The molecule has 0 atom stereocenters. The number of nitrogens with two attached hydrogens (primary N) is 1. The van der Waals surface area contributed by atoms with Gasteiger partial charge in [-0.25, -0.2) is 0 Å². The number of hydrogen-bond acceptors (Lipinski definition) is 5. The third-order valence-electron chi connectivity index (χ3n) is 3.86. The molecule has 0 heterocycles. The van der Waals surface area contributed by atoms with Gasteiger partial charge in [-0.1, -0.05) is 54.6 Å². The van der Waals surface area contributed by atoms with Crippen LogP contribution in [-0.2, 0) is 6.54 Å². The first kappa shape index (κ1) is 19.3. The van der Waals surface area contributed by atoms with E-state index in [2.05, 4.69) is 16.0 Å². The van der Waals surface area contributed by atoms with Crippen molar-refractivity contribution >= 4 is 5.78 Å². The van der Waals surface area contributed by atoms with E-state index < -0.39 is 0 Å². The number of ketones is 1. The van der Waals surface area contributed by atoms with Crippen LogP contribution in [-0.4, -0.2) is 45.1 Å². The largest absolute Gasteiger partial charge is 0.329 e. The minimum absolute atomic E-state index is 0.0626. The van der Waals surface area contributed by atoms with Crippen LogP contribution in [0.5, 0.6) is 0 Å². The van der Waals surface area contributed by atoms with Crippen LogP contribution in [0.25, 0.3) is 0 Å². The molecule has 0 spiro atoms. The van der Waals surface area contributed by atoms with Gasteiger partial charge in [0.1, 0.15) is 0 Å². The van der Waals surface area contributed by atoms with E-state index in [0.717, 1.165) is 50.4 Å². The van der Waals surface area contributed by atoms with Crippen LogP contribution in [0.3, 0.4) is 0 Å². The van der Waals surface area contributed by atoms with Crippen LogP contribution in [0.1, 0.15) is 21.5 Å². The highest BCUT2D eigenvalue weighted by molar-refractivity contribution is 6.08. The molecule has 0 unspecified atom stereocenters. The van der Waals surface area contributed by atoms with Crippen molar-refractivity contribution in [1.29, 1.82) is 0 Å². The van der Waals surface area contributed by atoms with Gasteiger partial charge in [-0.3, -0.25) is 4.79 Å². The molecule has 5 heteroatoms. The van der Waals surface area contributed by atoms with Gasteiger partial charge in [-0.05, 0) is 5.56 Å². The lowest BCUT2D eigenvalue weighted by Gasteiger charge is -2.08. The van der Waals surface area contributed by atoms with Gasteiger partial charge < -0.3 is 21.7 Å². The second-order valence-electron chi connectivity index (χ2n) is 5.86. The fourth-order valence-electron chi connectivity index (χ4n) is 2.47. The minimum atomic E-state index is 0.0626. The number of nitrogens with one attached hydrogen (secondary N) is 3. The maximum Gasteiger partial charge on any atom is 0.193 e. The van der Waals surface area contributed by atoms with Crippen LogP contribution in [0.2, 0.25) is 0 Å². The molecule has 0 aromatic heterocycles. The number of hydrogen-bond donors (Lipinski definition) is 4. The topological polar surface area (TPSA) is 79.2 Å². The molecule has 0 aliphatic rings. The molecule has 0 fully saturated rings. The lowest BCUT2D eigenvalue weighted by molar-refractivity contribution is 0.103. The summed E-state index contributed by atoms with van der Waals surface area (Å²) < 4.78 is 0. The summed E-state index contributed by atoms with van der Waals surface area (Å²) >= 11 is 0. The number of carbonyl (C=O) groups excluding carboxylic acids is 1. The van der Waals surface area contributed by atoms with E-state index in [-0.39, 0.29) is 5.78 Å². The van der Waals surface area contributed by atoms with Crippen molar-refractivity contribution in [1.82, 2.24) is 16.0 Å². The van der Waals surface area contributed by atoms with Gasteiger partial charge in [0.15, 0.2) is 5.78 Å². The quantitative estimate of drug-likeness (QED) is 0.344. The van der Waals surface area contributed by atoms with Gasteiger partial charge in [0.25, 0.3) is 0 Å². The first-order valence-corrected chi connectivity index (χ1v) is 8.82. The van der Waals surface area contributed by atoms with E-state index in [4.69, 9.17) is 5.73 Å². The van der Waals surface area contributed by atoms with Gasteiger partial charge in [0.05, 0.1) is 0 Å². The molecule has 134 valence electrons. The average molecular weight is 340 g/mol. The Morgan fingerprint density at radius 1 is 0.720 bits per heavy atom. The Morgan fingerprint density at radius 3 is 1.92 bits per heavy atom. The monoisotopic (exact) mass is 340 g/mol. The number of rotatable bonds is 12. The smallest absolute Gasteiger partial charge is 0.193 e. The van der Waals surface area contributed by atoms with Crippen molar-refractivity contribution < 1.29 is 4.79 Å². The zero-order valence-electron chi connectivity index (χ0n) is 14.6. The van der Waals surface area contributed by atoms with Crippen molar-refractivity contribution in [2.24, 2.45) is 5.73 Å². The molecule has 0 aliphatic carbocycles. The second-order valence-corrected chi connectivity index (χ2v) is 5.86. The predicted octanol–water partition coefficient (Wildman–Crippen LogP) is 1.15. The summed E-state index contributed by atoms with van der Waals surface area (Å²) in [6.07, 6.45) is 0. The Kier molecular flexibility index (Phi) is 8.86. The fourth-order valence-corrected chi connectivity index (χ4v) is 2.47. The summed E-state index contributed by atoms with van der Waals surface area (Å²) in [6, 6.07) is 17.2. The van der Waals surface area contributed by atoms with E-state index >= 15 is 0 Å². The molecule has 0 bridgehead atoms. The summed E-state index contributed by atoms with van der Waals surface area (Å²) in [7, 11) is 0. The Balaban J connectivity index is 1.65. The summed E-state index contributed by atoms with van der Waals surface area (Å²) in [6.45, 7) is 6.05. The molecular formula is C20H28N4O. The zero-order chi connectivity index (χ0) is 17.7.